The van der Waals surface area contributed by atoms with Crippen molar-refractivity contribution in [1.29, 1.82) is 0 Å². The molecule has 0 saturated carbocycles. The van der Waals surface area contributed by atoms with Crippen molar-refractivity contribution in [3.63, 3.8) is 0 Å². The van der Waals surface area contributed by atoms with E-state index in [1.807, 2.05) is 0 Å². The van der Waals surface area contributed by atoms with Crippen LogP contribution in [0.25, 0.3) is 0 Å². The molecule has 0 aliphatic carbocycles. The van der Waals surface area contributed by atoms with Crippen molar-refractivity contribution < 1.29 is 9.47 Å². The SMILES string of the molecule is C[C@H](c1ccccc1)N1CCO[C@]2(CCO[C@H]2C)C1. The van der Waals surface area contributed by atoms with Crippen molar-refractivity contribution in [3.8, 4) is 0 Å². The van der Waals surface area contributed by atoms with Crippen LogP contribution in [0.3, 0.4) is 0 Å². The molecule has 3 heteroatoms. The summed E-state index contributed by atoms with van der Waals surface area (Å²) in [6, 6.07) is 11.2. The fraction of sp³-hybridized carbons (Fsp3) is 0.625. The highest BCUT2D eigenvalue weighted by Crippen LogP contribution is 2.35. The molecule has 2 fully saturated rings. The molecule has 104 valence electrons. The van der Waals surface area contributed by atoms with Crippen LogP contribution in [0, 0.1) is 0 Å². The number of morpholine rings is 1. The number of hydrogen-bond acceptors (Lipinski definition) is 3. The summed E-state index contributed by atoms with van der Waals surface area (Å²) in [5.74, 6) is 0. The van der Waals surface area contributed by atoms with Gasteiger partial charge in [0.15, 0.2) is 0 Å². The summed E-state index contributed by atoms with van der Waals surface area (Å²) in [5, 5.41) is 0. The Kier molecular flexibility index (Phi) is 3.61. The number of benzene rings is 1. The Morgan fingerprint density at radius 1 is 1.26 bits per heavy atom. The molecule has 0 N–H and O–H groups in total. The van der Waals surface area contributed by atoms with E-state index in [0.29, 0.717) is 6.04 Å². The van der Waals surface area contributed by atoms with Gasteiger partial charge in [-0.15, -0.1) is 0 Å². The zero-order valence-corrected chi connectivity index (χ0v) is 11.8. The maximum absolute atomic E-state index is 6.09. The third-order valence-corrected chi connectivity index (χ3v) is 4.70. The molecule has 2 aliphatic rings. The molecule has 2 saturated heterocycles. The van der Waals surface area contributed by atoms with Crippen LogP contribution in [0.1, 0.15) is 31.9 Å². The van der Waals surface area contributed by atoms with E-state index in [-0.39, 0.29) is 11.7 Å². The molecule has 2 heterocycles. The van der Waals surface area contributed by atoms with Gasteiger partial charge in [0.2, 0.25) is 0 Å². The first-order valence-corrected chi connectivity index (χ1v) is 7.26. The van der Waals surface area contributed by atoms with Crippen LogP contribution >= 0.6 is 0 Å². The Labute approximate surface area is 115 Å². The summed E-state index contributed by atoms with van der Waals surface area (Å²) >= 11 is 0. The molecule has 0 amide bonds. The van der Waals surface area contributed by atoms with E-state index in [1.54, 1.807) is 0 Å². The van der Waals surface area contributed by atoms with Gasteiger partial charge >= 0.3 is 0 Å². The molecular formula is C16H23NO2. The molecule has 1 aromatic carbocycles. The average molecular weight is 261 g/mol. The largest absolute Gasteiger partial charge is 0.375 e. The molecule has 0 unspecified atom stereocenters. The second-order valence-corrected chi connectivity index (χ2v) is 5.73. The Bertz CT molecular complexity index is 422. The highest BCUT2D eigenvalue weighted by molar-refractivity contribution is 5.18. The standard InChI is InChI=1S/C16H23NO2/c1-13(15-6-4-3-5-7-15)17-9-11-19-16(12-17)8-10-18-14(16)2/h3-7,13-14H,8-12H2,1-2H3/t13-,14+,16-/m1/s1. The first-order valence-electron chi connectivity index (χ1n) is 7.26. The Morgan fingerprint density at radius 3 is 2.74 bits per heavy atom. The van der Waals surface area contributed by atoms with Crippen LogP contribution in [-0.2, 0) is 9.47 Å². The van der Waals surface area contributed by atoms with Gasteiger partial charge in [0, 0.05) is 32.2 Å². The average Bonchev–Trinajstić information content (AvgIpc) is 2.80. The van der Waals surface area contributed by atoms with Crippen LogP contribution in [0.2, 0.25) is 0 Å². The Morgan fingerprint density at radius 2 is 2.05 bits per heavy atom. The van der Waals surface area contributed by atoms with Crippen molar-refractivity contribution >= 4 is 0 Å². The summed E-state index contributed by atoms with van der Waals surface area (Å²) in [4.78, 5) is 2.53. The van der Waals surface area contributed by atoms with Crippen molar-refractivity contribution in [2.45, 2.75) is 38.0 Å². The van der Waals surface area contributed by atoms with Gasteiger partial charge in [-0.3, -0.25) is 4.90 Å². The minimum absolute atomic E-state index is 0.0821. The topological polar surface area (TPSA) is 21.7 Å². The quantitative estimate of drug-likeness (QED) is 0.817. The molecule has 0 bridgehead atoms. The number of nitrogens with zero attached hydrogens (tertiary/aromatic N) is 1. The van der Waals surface area contributed by atoms with Crippen molar-refractivity contribution in [3.05, 3.63) is 35.9 Å². The maximum Gasteiger partial charge on any atom is 0.109 e. The van der Waals surface area contributed by atoms with Gasteiger partial charge < -0.3 is 9.47 Å². The third kappa shape index (κ3) is 2.42. The lowest BCUT2D eigenvalue weighted by Crippen LogP contribution is -2.55. The van der Waals surface area contributed by atoms with Gasteiger partial charge in [0.25, 0.3) is 0 Å². The molecule has 3 atom stereocenters. The highest BCUT2D eigenvalue weighted by Gasteiger charge is 2.46. The summed E-state index contributed by atoms with van der Waals surface area (Å²) in [6.45, 7) is 8.05. The molecule has 3 rings (SSSR count). The van der Waals surface area contributed by atoms with Crippen molar-refractivity contribution in [1.82, 2.24) is 4.90 Å². The molecule has 0 aromatic heterocycles. The van der Waals surface area contributed by atoms with Crippen LogP contribution in [-0.4, -0.2) is 42.9 Å². The van der Waals surface area contributed by atoms with E-state index < -0.39 is 0 Å². The predicted octanol–water partition coefficient (Wildman–Crippen LogP) is 2.63. The van der Waals surface area contributed by atoms with Gasteiger partial charge in [-0.2, -0.15) is 0 Å². The fourth-order valence-corrected chi connectivity index (χ4v) is 3.27. The Hall–Kier alpha value is -0.900. The first-order chi connectivity index (χ1) is 9.21. The molecule has 0 radical (unpaired) electrons. The van der Waals surface area contributed by atoms with E-state index in [0.717, 1.165) is 32.7 Å². The molecule has 2 aliphatic heterocycles. The zero-order chi connectivity index (χ0) is 13.3. The Balaban J connectivity index is 1.75. The molecule has 1 aromatic rings. The van der Waals surface area contributed by atoms with E-state index >= 15 is 0 Å². The molecule has 19 heavy (non-hydrogen) atoms. The van der Waals surface area contributed by atoms with E-state index in [1.165, 1.54) is 5.56 Å². The predicted molar refractivity (Wildman–Crippen MR) is 75.1 cm³/mol. The normalized spacial score (nSPS) is 33.7. The van der Waals surface area contributed by atoms with Gasteiger partial charge in [-0.1, -0.05) is 30.3 Å². The maximum atomic E-state index is 6.09. The summed E-state index contributed by atoms with van der Waals surface area (Å²) in [7, 11) is 0. The van der Waals surface area contributed by atoms with Crippen LogP contribution in [0.5, 0.6) is 0 Å². The molecule has 1 spiro atoms. The minimum atomic E-state index is -0.0821. The monoisotopic (exact) mass is 261 g/mol. The highest BCUT2D eigenvalue weighted by atomic mass is 16.6. The lowest BCUT2D eigenvalue weighted by Gasteiger charge is -2.44. The second kappa shape index (κ2) is 5.23. The summed E-state index contributed by atoms with van der Waals surface area (Å²) in [5.41, 5.74) is 1.30. The van der Waals surface area contributed by atoms with E-state index in [4.69, 9.17) is 9.47 Å². The number of hydrogen-bond donors (Lipinski definition) is 0. The van der Waals surface area contributed by atoms with Crippen molar-refractivity contribution in [2.24, 2.45) is 0 Å². The molecular weight excluding hydrogens is 238 g/mol. The number of ether oxygens (including phenoxy) is 2. The minimum Gasteiger partial charge on any atom is -0.375 e. The van der Waals surface area contributed by atoms with Crippen LogP contribution in [0.15, 0.2) is 30.3 Å². The van der Waals surface area contributed by atoms with Crippen LogP contribution < -0.4 is 0 Å². The second-order valence-electron chi connectivity index (χ2n) is 5.73. The number of rotatable bonds is 2. The smallest absolute Gasteiger partial charge is 0.109 e. The summed E-state index contributed by atoms with van der Waals surface area (Å²) in [6.07, 6.45) is 1.23. The van der Waals surface area contributed by atoms with Gasteiger partial charge in [-0.05, 0) is 19.4 Å². The summed E-state index contributed by atoms with van der Waals surface area (Å²) < 4.78 is 11.8. The van der Waals surface area contributed by atoms with Gasteiger partial charge in [-0.25, -0.2) is 0 Å². The van der Waals surface area contributed by atoms with Gasteiger partial charge in [0.05, 0.1) is 12.7 Å². The lowest BCUT2D eigenvalue weighted by molar-refractivity contribution is -0.142. The van der Waals surface area contributed by atoms with Crippen molar-refractivity contribution in [2.75, 3.05) is 26.3 Å². The fourth-order valence-electron chi connectivity index (χ4n) is 3.27. The zero-order valence-electron chi connectivity index (χ0n) is 11.8. The third-order valence-electron chi connectivity index (χ3n) is 4.70. The van der Waals surface area contributed by atoms with Gasteiger partial charge in [0.1, 0.15) is 5.60 Å². The van der Waals surface area contributed by atoms with Crippen LogP contribution in [0.4, 0.5) is 0 Å². The lowest BCUT2D eigenvalue weighted by atomic mass is 9.92. The van der Waals surface area contributed by atoms with E-state index in [2.05, 4.69) is 49.1 Å². The first kappa shape index (κ1) is 13.1. The molecule has 3 nitrogen and oxygen atoms in total. The van der Waals surface area contributed by atoms with E-state index in [9.17, 15) is 0 Å².